The maximum Gasteiger partial charge on any atom is 0.286 e. The van der Waals surface area contributed by atoms with Gasteiger partial charge in [0.15, 0.2) is 16.7 Å². The van der Waals surface area contributed by atoms with Gasteiger partial charge < -0.3 is 15.2 Å². The number of halogens is 2. The number of carbonyl (C=O) groups excluding carboxylic acids is 1. The highest BCUT2D eigenvalue weighted by molar-refractivity contribution is 14.1. The summed E-state index contributed by atoms with van der Waals surface area (Å²) in [6.45, 7) is 0.284. The molecule has 0 fully saturated rings. The highest BCUT2D eigenvalue weighted by Crippen LogP contribution is 2.36. The molecule has 3 rings (SSSR count). The van der Waals surface area contributed by atoms with E-state index in [1.807, 2.05) is 6.07 Å². The molecule has 26 heavy (non-hydrogen) atoms. The van der Waals surface area contributed by atoms with E-state index in [1.165, 1.54) is 12.1 Å². The molecule has 0 aromatic heterocycles. The molecular weight excluding hydrogens is 470 g/mol. The van der Waals surface area contributed by atoms with Crippen molar-refractivity contribution in [1.82, 2.24) is 0 Å². The number of nitrogens with two attached hydrogens (primary N) is 1. The summed E-state index contributed by atoms with van der Waals surface area (Å²) in [5, 5.41) is 0.238. The van der Waals surface area contributed by atoms with E-state index in [9.17, 15) is 9.18 Å². The number of thioether (sulfide) groups is 1. The third-order valence-electron chi connectivity index (χ3n) is 3.48. The van der Waals surface area contributed by atoms with E-state index < -0.39 is 0 Å². The second kappa shape index (κ2) is 8.09. The van der Waals surface area contributed by atoms with E-state index in [4.69, 9.17) is 15.2 Å². The molecule has 2 N–H and O–H groups in total. The molecule has 1 heterocycles. The standard InChI is InChI=1S/C18H14FIN2O3S/c1-24-14-7-11(8-15-17(23)22-18(21)26-15)6-13(20)16(14)25-9-10-2-4-12(19)5-3-10/h2-8H,9H2,1H3,(H2,21,22,23)/b15-8-. The molecule has 1 amide bonds. The molecule has 0 atom stereocenters. The molecule has 8 heteroatoms. The Kier molecular flexibility index (Phi) is 5.82. The second-order valence-electron chi connectivity index (χ2n) is 5.32. The number of nitrogens with zero attached hydrogens (tertiary/aromatic N) is 1. The summed E-state index contributed by atoms with van der Waals surface area (Å²) in [4.78, 5) is 15.9. The van der Waals surface area contributed by atoms with Crippen LogP contribution in [0.1, 0.15) is 11.1 Å². The van der Waals surface area contributed by atoms with Gasteiger partial charge in [0.25, 0.3) is 5.91 Å². The van der Waals surface area contributed by atoms with E-state index in [-0.39, 0.29) is 23.5 Å². The van der Waals surface area contributed by atoms with Gasteiger partial charge in [-0.15, -0.1) is 0 Å². The normalized spacial score (nSPS) is 15.3. The van der Waals surface area contributed by atoms with Crippen molar-refractivity contribution < 1.29 is 18.7 Å². The van der Waals surface area contributed by atoms with Gasteiger partial charge in [-0.05, 0) is 75.8 Å². The zero-order valence-corrected chi connectivity index (χ0v) is 16.6. The van der Waals surface area contributed by atoms with Crippen LogP contribution in [0.15, 0.2) is 46.3 Å². The predicted molar refractivity (Wildman–Crippen MR) is 109 cm³/mol. The van der Waals surface area contributed by atoms with Crippen molar-refractivity contribution in [2.24, 2.45) is 10.7 Å². The number of benzene rings is 2. The maximum absolute atomic E-state index is 13.0. The number of aliphatic imine (C=N–C) groups is 1. The van der Waals surface area contributed by atoms with Crippen LogP contribution in [0.5, 0.6) is 11.5 Å². The summed E-state index contributed by atoms with van der Waals surface area (Å²) in [5.74, 6) is 0.483. The zero-order chi connectivity index (χ0) is 18.7. The smallest absolute Gasteiger partial charge is 0.286 e. The van der Waals surface area contributed by atoms with Gasteiger partial charge >= 0.3 is 0 Å². The van der Waals surface area contributed by atoms with Crippen LogP contribution < -0.4 is 15.2 Å². The van der Waals surface area contributed by atoms with Crippen LogP contribution in [0, 0.1) is 9.39 Å². The summed E-state index contributed by atoms with van der Waals surface area (Å²) in [7, 11) is 1.55. The predicted octanol–water partition coefficient (Wildman–Crippen LogP) is 3.95. The molecule has 2 aromatic rings. The van der Waals surface area contributed by atoms with Crippen molar-refractivity contribution in [3.05, 3.63) is 61.8 Å². The zero-order valence-electron chi connectivity index (χ0n) is 13.7. The van der Waals surface area contributed by atoms with Crippen molar-refractivity contribution in [3.63, 3.8) is 0 Å². The minimum Gasteiger partial charge on any atom is -0.493 e. The first-order chi connectivity index (χ1) is 12.5. The topological polar surface area (TPSA) is 73.9 Å². The largest absolute Gasteiger partial charge is 0.493 e. The van der Waals surface area contributed by atoms with Crippen LogP contribution in [-0.2, 0) is 11.4 Å². The number of rotatable bonds is 5. The summed E-state index contributed by atoms with van der Waals surface area (Å²) < 4.78 is 25.1. The van der Waals surface area contributed by atoms with Crippen LogP contribution in [0.4, 0.5) is 4.39 Å². The minimum absolute atomic E-state index is 0.238. The fourth-order valence-corrected chi connectivity index (χ4v) is 3.74. The summed E-state index contributed by atoms with van der Waals surface area (Å²) >= 11 is 3.27. The van der Waals surface area contributed by atoms with Crippen LogP contribution >= 0.6 is 34.4 Å². The van der Waals surface area contributed by atoms with Gasteiger partial charge in [0.2, 0.25) is 0 Å². The Morgan fingerprint density at radius 3 is 2.65 bits per heavy atom. The Morgan fingerprint density at radius 1 is 1.31 bits per heavy atom. The summed E-state index contributed by atoms with van der Waals surface area (Å²) in [5.41, 5.74) is 7.19. The second-order valence-corrected chi connectivity index (χ2v) is 7.54. The van der Waals surface area contributed by atoms with E-state index in [1.54, 1.807) is 31.4 Å². The average Bonchev–Trinajstić information content (AvgIpc) is 2.92. The van der Waals surface area contributed by atoms with E-state index >= 15 is 0 Å². The van der Waals surface area contributed by atoms with Gasteiger partial charge in [-0.25, -0.2) is 4.39 Å². The van der Waals surface area contributed by atoms with Gasteiger partial charge in [-0.3, -0.25) is 4.79 Å². The van der Waals surface area contributed by atoms with Gasteiger partial charge in [0.05, 0.1) is 15.6 Å². The molecular formula is C18H14FIN2O3S. The number of amidine groups is 1. The summed E-state index contributed by atoms with van der Waals surface area (Å²) in [6, 6.07) is 9.76. The van der Waals surface area contributed by atoms with Crippen molar-refractivity contribution in [3.8, 4) is 11.5 Å². The third kappa shape index (κ3) is 4.36. The average molecular weight is 484 g/mol. The fraction of sp³-hybridized carbons (Fsp3) is 0.111. The molecule has 1 aliphatic rings. The van der Waals surface area contributed by atoms with Gasteiger partial charge in [-0.1, -0.05) is 12.1 Å². The first-order valence-corrected chi connectivity index (χ1v) is 9.38. The van der Waals surface area contributed by atoms with Crippen LogP contribution in [0.3, 0.4) is 0 Å². The Morgan fingerprint density at radius 2 is 2.04 bits per heavy atom. The molecule has 1 aliphatic heterocycles. The Labute approximate surface area is 167 Å². The molecule has 134 valence electrons. The van der Waals surface area contributed by atoms with Crippen LogP contribution in [-0.4, -0.2) is 18.2 Å². The molecule has 0 aliphatic carbocycles. The Balaban J connectivity index is 1.82. The van der Waals surface area contributed by atoms with Gasteiger partial charge in [-0.2, -0.15) is 4.99 Å². The van der Waals surface area contributed by atoms with E-state index in [0.29, 0.717) is 16.4 Å². The van der Waals surface area contributed by atoms with Crippen molar-refractivity contribution in [2.45, 2.75) is 6.61 Å². The van der Waals surface area contributed by atoms with Gasteiger partial charge in [0.1, 0.15) is 12.4 Å². The summed E-state index contributed by atoms with van der Waals surface area (Å²) in [6.07, 6.45) is 1.71. The lowest BCUT2D eigenvalue weighted by atomic mass is 10.2. The van der Waals surface area contributed by atoms with Crippen molar-refractivity contribution in [1.29, 1.82) is 0 Å². The number of amides is 1. The lowest BCUT2D eigenvalue weighted by Crippen LogP contribution is -2.01. The SMILES string of the molecule is COc1cc(/C=C2\SC(N)=NC2=O)cc(I)c1OCc1ccc(F)cc1. The lowest BCUT2D eigenvalue weighted by Gasteiger charge is -2.14. The minimum atomic E-state index is -0.349. The number of carbonyl (C=O) groups is 1. The molecule has 0 unspecified atom stereocenters. The lowest BCUT2D eigenvalue weighted by molar-refractivity contribution is -0.113. The fourth-order valence-electron chi connectivity index (χ4n) is 2.28. The van der Waals surface area contributed by atoms with Crippen LogP contribution in [0.25, 0.3) is 6.08 Å². The number of ether oxygens (including phenoxy) is 2. The Hall–Kier alpha value is -2.07. The van der Waals surface area contributed by atoms with E-state index in [0.717, 1.165) is 26.5 Å². The van der Waals surface area contributed by atoms with E-state index in [2.05, 4.69) is 27.6 Å². The number of methoxy groups -OCH3 is 1. The van der Waals surface area contributed by atoms with Crippen LogP contribution in [0.2, 0.25) is 0 Å². The first kappa shape index (κ1) is 18.7. The molecule has 0 saturated carbocycles. The number of hydrogen-bond donors (Lipinski definition) is 1. The Bertz CT molecular complexity index is 913. The molecule has 0 spiro atoms. The quantitative estimate of drug-likeness (QED) is 0.514. The van der Waals surface area contributed by atoms with Crippen molar-refractivity contribution >= 4 is 51.5 Å². The molecule has 0 bridgehead atoms. The van der Waals surface area contributed by atoms with Gasteiger partial charge in [0, 0.05) is 0 Å². The molecule has 5 nitrogen and oxygen atoms in total. The third-order valence-corrected chi connectivity index (χ3v) is 5.10. The first-order valence-electron chi connectivity index (χ1n) is 7.49. The molecule has 0 radical (unpaired) electrons. The number of hydrogen-bond acceptors (Lipinski definition) is 5. The maximum atomic E-state index is 13.0. The highest BCUT2D eigenvalue weighted by Gasteiger charge is 2.20. The molecule has 0 saturated heterocycles. The molecule has 2 aromatic carbocycles. The monoisotopic (exact) mass is 484 g/mol. The van der Waals surface area contributed by atoms with Crippen molar-refractivity contribution in [2.75, 3.05) is 7.11 Å². The highest BCUT2D eigenvalue weighted by atomic mass is 127.